The highest BCUT2D eigenvalue weighted by atomic mass is 79.9. The molecule has 0 fully saturated rings. The highest BCUT2D eigenvalue weighted by Crippen LogP contribution is 2.34. The van der Waals surface area contributed by atoms with E-state index in [0.717, 1.165) is 30.5 Å². The number of ether oxygens (including phenoxy) is 2. The third kappa shape index (κ3) is 6.47. The van der Waals surface area contributed by atoms with Crippen LogP contribution in [0.5, 0.6) is 11.5 Å². The number of hydrazine groups is 1. The minimum Gasteiger partial charge on any atom is -0.483 e. The van der Waals surface area contributed by atoms with Crippen molar-refractivity contribution in [3.63, 3.8) is 0 Å². The van der Waals surface area contributed by atoms with Gasteiger partial charge in [-0.1, -0.05) is 64.5 Å². The molecule has 0 aliphatic rings. The minimum atomic E-state index is -0.480. The van der Waals surface area contributed by atoms with Gasteiger partial charge < -0.3 is 9.47 Å². The molecule has 7 nitrogen and oxygen atoms in total. The maximum absolute atomic E-state index is 12.2. The van der Waals surface area contributed by atoms with E-state index < -0.39 is 11.8 Å². The second kappa shape index (κ2) is 11.5. The van der Waals surface area contributed by atoms with Crippen LogP contribution in [0.15, 0.2) is 81.7 Å². The third-order valence-corrected chi connectivity index (χ3v) is 6.43. The first kappa shape index (κ1) is 24.9. The number of amides is 2. The maximum atomic E-state index is 12.2. The maximum Gasteiger partial charge on any atom is 0.276 e. The quantitative estimate of drug-likeness (QED) is 0.209. The molecular formula is C25H19Br2N3O4S. The second-order valence-electron chi connectivity index (χ2n) is 7.35. The highest BCUT2D eigenvalue weighted by molar-refractivity contribution is 9.11. The van der Waals surface area contributed by atoms with Gasteiger partial charge in [-0.2, -0.15) is 0 Å². The van der Waals surface area contributed by atoms with Crippen LogP contribution in [0, 0.1) is 0 Å². The zero-order chi connectivity index (χ0) is 24.8. The van der Waals surface area contributed by atoms with Gasteiger partial charge in [-0.25, -0.2) is 0 Å². The van der Waals surface area contributed by atoms with Crippen LogP contribution in [0.25, 0.3) is 21.5 Å². The molecule has 0 saturated heterocycles. The number of fused-ring (bicyclic) bond motifs is 2. The van der Waals surface area contributed by atoms with Gasteiger partial charge in [-0.3, -0.25) is 25.8 Å². The summed E-state index contributed by atoms with van der Waals surface area (Å²) >= 11 is 12.0. The fraction of sp³-hybridized carbons (Fsp3) is 0.0800. The van der Waals surface area contributed by atoms with Crippen LogP contribution in [0.2, 0.25) is 0 Å². The predicted molar refractivity (Wildman–Crippen MR) is 146 cm³/mol. The van der Waals surface area contributed by atoms with E-state index in [0.29, 0.717) is 11.5 Å². The number of carbonyl (C=O) groups excluding carboxylic acids is 2. The molecule has 0 spiro atoms. The summed E-state index contributed by atoms with van der Waals surface area (Å²) in [7, 11) is 0. The van der Waals surface area contributed by atoms with E-state index in [1.54, 1.807) is 12.1 Å². The molecule has 0 bridgehead atoms. The molecule has 0 atom stereocenters. The fourth-order valence-corrected chi connectivity index (χ4v) is 4.47. The van der Waals surface area contributed by atoms with E-state index in [2.05, 4.69) is 48.0 Å². The molecule has 3 N–H and O–H groups in total. The smallest absolute Gasteiger partial charge is 0.276 e. The van der Waals surface area contributed by atoms with Gasteiger partial charge in [0, 0.05) is 9.86 Å². The Bertz CT molecular complexity index is 1430. The zero-order valence-corrected chi connectivity index (χ0v) is 22.1. The van der Waals surface area contributed by atoms with Gasteiger partial charge in [-0.15, -0.1) is 0 Å². The van der Waals surface area contributed by atoms with Crippen molar-refractivity contribution in [1.29, 1.82) is 0 Å². The Morgan fingerprint density at radius 2 is 1.49 bits per heavy atom. The Morgan fingerprint density at radius 1 is 0.743 bits per heavy atom. The van der Waals surface area contributed by atoms with Crippen molar-refractivity contribution in [2.24, 2.45) is 0 Å². The SMILES string of the molecule is O=C(COc1cccc2ccccc12)NNC(=S)NC(=O)COc1ccc2cc(Br)ccc2c1Br. The van der Waals surface area contributed by atoms with E-state index in [1.807, 2.05) is 60.7 Å². The molecule has 0 aliphatic heterocycles. The Hall–Kier alpha value is -3.21. The molecule has 0 radical (unpaired) electrons. The van der Waals surface area contributed by atoms with Crippen LogP contribution < -0.4 is 25.6 Å². The van der Waals surface area contributed by atoms with Gasteiger partial charge in [0.25, 0.3) is 11.8 Å². The number of carbonyl (C=O) groups is 2. The van der Waals surface area contributed by atoms with Crippen LogP contribution in [-0.4, -0.2) is 30.1 Å². The van der Waals surface area contributed by atoms with E-state index in [-0.39, 0.29) is 18.3 Å². The van der Waals surface area contributed by atoms with Crippen molar-refractivity contribution in [1.82, 2.24) is 16.2 Å². The fourth-order valence-electron chi connectivity index (χ4n) is 3.32. The van der Waals surface area contributed by atoms with Crippen molar-refractivity contribution in [2.45, 2.75) is 0 Å². The number of nitrogens with one attached hydrogen (secondary N) is 3. The monoisotopic (exact) mass is 615 g/mol. The average Bonchev–Trinajstić information content (AvgIpc) is 2.85. The zero-order valence-electron chi connectivity index (χ0n) is 18.1. The van der Waals surface area contributed by atoms with Crippen LogP contribution in [0.3, 0.4) is 0 Å². The van der Waals surface area contributed by atoms with Gasteiger partial charge in [0.2, 0.25) is 0 Å². The Labute approximate surface area is 223 Å². The number of thiocarbonyl (C=S) groups is 1. The van der Waals surface area contributed by atoms with E-state index in [1.165, 1.54) is 0 Å². The molecule has 0 aromatic heterocycles. The van der Waals surface area contributed by atoms with Crippen molar-refractivity contribution in [2.75, 3.05) is 13.2 Å². The molecule has 35 heavy (non-hydrogen) atoms. The van der Waals surface area contributed by atoms with Gasteiger partial charge in [0.1, 0.15) is 11.5 Å². The van der Waals surface area contributed by atoms with Crippen molar-refractivity contribution < 1.29 is 19.1 Å². The Morgan fingerprint density at radius 3 is 2.34 bits per heavy atom. The molecule has 0 unspecified atom stereocenters. The van der Waals surface area contributed by atoms with Crippen LogP contribution in [0.1, 0.15) is 0 Å². The molecular weight excluding hydrogens is 598 g/mol. The standard InChI is InChI=1S/C25H19Br2N3O4S/c26-17-9-10-19-16(12-17)8-11-21(24(19)27)34-13-22(31)28-25(35)30-29-23(32)14-33-20-7-3-5-15-4-1-2-6-18(15)20/h1-12H,13-14H2,(H,29,32)(H2,28,30,31,35). The molecule has 10 heteroatoms. The number of rotatable bonds is 6. The summed E-state index contributed by atoms with van der Waals surface area (Å²) in [4.78, 5) is 24.3. The summed E-state index contributed by atoms with van der Waals surface area (Å²) in [5.41, 5.74) is 4.87. The van der Waals surface area contributed by atoms with Crippen molar-refractivity contribution in [3.8, 4) is 11.5 Å². The molecule has 178 valence electrons. The van der Waals surface area contributed by atoms with Crippen LogP contribution >= 0.6 is 44.1 Å². The topological polar surface area (TPSA) is 88.7 Å². The Balaban J connectivity index is 1.22. The van der Waals surface area contributed by atoms with Crippen molar-refractivity contribution in [3.05, 3.63) is 81.7 Å². The number of hydrogen-bond donors (Lipinski definition) is 3. The highest BCUT2D eigenvalue weighted by Gasteiger charge is 2.11. The summed E-state index contributed by atoms with van der Waals surface area (Å²) in [6.45, 7) is -0.492. The lowest BCUT2D eigenvalue weighted by molar-refractivity contribution is -0.124. The summed E-state index contributed by atoms with van der Waals surface area (Å²) in [6.07, 6.45) is 0. The lowest BCUT2D eigenvalue weighted by Gasteiger charge is -2.13. The summed E-state index contributed by atoms with van der Waals surface area (Å²) < 4.78 is 13.0. The second-order valence-corrected chi connectivity index (χ2v) is 9.47. The predicted octanol–water partition coefficient (Wildman–Crippen LogP) is 5.00. The summed E-state index contributed by atoms with van der Waals surface area (Å²) in [5, 5.41) is 6.27. The van der Waals surface area contributed by atoms with Crippen LogP contribution in [-0.2, 0) is 9.59 Å². The number of benzene rings is 4. The molecule has 4 aromatic carbocycles. The number of hydrogen-bond acceptors (Lipinski definition) is 5. The summed E-state index contributed by atoms with van der Waals surface area (Å²) in [6, 6.07) is 22.9. The molecule has 0 aliphatic carbocycles. The van der Waals surface area contributed by atoms with Crippen LogP contribution in [0.4, 0.5) is 0 Å². The lowest BCUT2D eigenvalue weighted by atomic mass is 10.1. The minimum absolute atomic E-state index is 0.0699. The third-order valence-electron chi connectivity index (χ3n) is 4.92. The molecule has 0 heterocycles. The first-order chi connectivity index (χ1) is 16.9. The molecule has 4 rings (SSSR count). The summed E-state index contributed by atoms with van der Waals surface area (Å²) in [5.74, 6) is 0.176. The van der Waals surface area contributed by atoms with E-state index in [9.17, 15) is 9.59 Å². The largest absolute Gasteiger partial charge is 0.483 e. The van der Waals surface area contributed by atoms with Gasteiger partial charge in [-0.05, 0) is 68.6 Å². The molecule has 0 saturated carbocycles. The normalized spacial score (nSPS) is 10.6. The van der Waals surface area contributed by atoms with E-state index in [4.69, 9.17) is 21.7 Å². The number of halogens is 2. The molecule has 4 aromatic rings. The van der Waals surface area contributed by atoms with Gasteiger partial charge in [0.15, 0.2) is 18.3 Å². The van der Waals surface area contributed by atoms with Crippen molar-refractivity contribution >= 4 is 82.5 Å². The van der Waals surface area contributed by atoms with Gasteiger partial charge >= 0.3 is 0 Å². The van der Waals surface area contributed by atoms with E-state index >= 15 is 0 Å². The first-order valence-corrected chi connectivity index (χ1v) is 12.4. The average molecular weight is 617 g/mol. The Kier molecular flexibility index (Phi) is 8.17. The lowest BCUT2D eigenvalue weighted by Crippen LogP contribution is -2.50. The van der Waals surface area contributed by atoms with Gasteiger partial charge in [0.05, 0.1) is 4.47 Å². The first-order valence-electron chi connectivity index (χ1n) is 10.4. The molecule has 2 amide bonds.